The molecular formula is C18H18ClN3O4. The van der Waals surface area contributed by atoms with Crippen molar-refractivity contribution in [3.8, 4) is 11.4 Å². The number of piperidine rings is 1. The molecule has 2 aromatic rings. The number of hydrogen-bond donors (Lipinski definition) is 1. The maximum absolute atomic E-state index is 12.5. The lowest BCUT2D eigenvalue weighted by atomic mass is 9.97. The number of amides is 1. The normalized spacial score (nSPS) is 25.1. The molecule has 1 aromatic carbocycles. The lowest BCUT2D eigenvalue weighted by molar-refractivity contribution is -0.142. The van der Waals surface area contributed by atoms with Crippen LogP contribution in [0, 0.1) is 11.8 Å². The Morgan fingerprint density at radius 1 is 1.23 bits per heavy atom. The molecule has 0 radical (unpaired) electrons. The molecule has 26 heavy (non-hydrogen) atoms. The number of carboxylic acid groups (broad SMARTS) is 1. The maximum atomic E-state index is 12.5. The molecule has 1 aliphatic heterocycles. The summed E-state index contributed by atoms with van der Waals surface area (Å²) in [5.74, 6) is -0.878. The highest BCUT2D eigenvalue weighted by atomic mass is 35.5. The van der Waals surface area contributed by atoms with Gasteiger partial charge in [0.2, 0.25) is 17.6 Å². The Labute approximate surface area is 154 Å². The van der Waals surface area contributed by atoms with E-state index in [1.807, 2.05) is 12.1 Å². The molecule has 2 fully saturated rings. The van der Waals surface area contributed by atoms with Crippen molar-refractivity contribution in [2.45, 2.75) is 25.2 Å². The Bertz CT molecular complexity index is 835. The summed E-state index contributed by atoms with van der Waals surface area (Å²) in [6.45, 7) is 1.14. The second kappa shape index (κ2) is 6.72. The number of nitrogens with zero attached hydrogens (tertiary/aromatic N) is 3. The average molecular weight is 376 g/mol. The van der Waals surface area contributed by atoms with Crippen LogP contribution in [0.25, 0.3) is 11.4 Å². The Kier molecular flexibility index (Phi) is 4.40. The quantitative estimate of drug-likeness (QED) is 0.882. The number of aliphatic carboxylic acids is 1. The van der Waals surface area contributed by atoms with Gasteiger partial charge in [0.05, 0.1) is 17.8 Å². The van der Waals surface area contributed by atoms with Gasteiger partial charge in [-0.2, -0.15) is 4.98 Å². The van der Waals surface area contributed by atoms with Gasteiger partial charge in [0.15, 0.2) is 0 Å². The molecule has 0 bridgehead atoms. The number of hydrogen-bond acceptors (Lipinski definition) is 5. The number of likely N-dealkylation sites (tertiary alicyclic amines) is 1. The van der Waals surface area contributed by atoms with E-state index < -0.39 is 11.9 Å². The summed E-state index contributed by atoms with van der Waals surface area (Å²) >= 11 is 5.89. The van der Waals surface area contributed by atoms with E-state index in [0.29, 0.717) is 36.2 Å². The molecule has 8 heteroatoms. The zero-order chi connectivity index (χ0) is 18.3. The first-order valence-corrected chi connectivity index (χ1v) is 9.02. The summed E-state index contributed by atoms with van der Waals surface area (Å²) in [5.41, 5.74) is 0.815. The van der Waals surface area contributed by atoms with Gasteiger partial charge in [-0.3, -0.25) is 9.59 Å². The number of rotatable bonds is 4. The van der Waals surface area contributed by atoms with E-state index in [-0.39, 0.29) is 17.7 Å². The van der Waals surface area contributed by atoms with Crippen molar-refractivity contribution in [3.63, 3.8) is 0 Å². The van der Waals surface area contributed by atoms with Gasteiger partial charge < -0.3 is 14.5 Å². The molecular weight excluding hydrogens is 358 g/mol. The smallest absolute Gasteiger partial charge is 0.307 e. The zero-order valence-electron chi connectivity index (χ0n) is 14.0. The van der Waals surface area contributed by atoms with Crippen molar-refractivity contribution in [1.82, 2.24) is 15.0 Å². The molecule has 0 unspecified atom stereocenters. The lowest BCUT2D eigenvalue weighted by Crippen LogP contribution is -2.40. The van der Waals surface area contributed by atoms with Gasteiger partial charge >= 0.3 is 5.97 Å². The maximum Gasteiger partial charge on any atom is 0.307 e. The second-order valence-corrected chi connectivity index (χ2v) is 7.31. The first kappa shape index (κ1) is 17.0. The number of halogens is 1. The van der Waals surface area contributed by atoms with E-state index in [0.717, 1.165) is 18.4 Å². The predicted molar refractivity (Wildman–Crippen MR) is 92.5 cm³/mol. The first-order chi connectivity index (χ1) is 12.5. The molecule has 7 nitrogen and oxygen atoms in total. The number of benzene rings is 1. The minimum Gasteiger partial charge on any atom is -0.481 e. The molecule has 1 amide bonds. The summed E-state index contributed by atoms with van der Waals surface area (Å²) < 4.78 is 5.43. The van der Waals surface area contributed by atoms with Gasteiger partial charge in [-0.15, -0.1) is 0 Å². The third-order valence-electron chi connectivity index (χ3n) is 5.05. The Morgan fingerprint density at radius 2 is 2.00 bits per heavy atom. The third kappa shape index (κ3) is 3.31. The monoisotopic (exact) mass is 375 g/mol. The molecule has 1 saturated heterocycles. The van der Waals surface area contributed by atoms with Crippen LogP contribution in [0.1, 0.15) is 31.1 Å². The minimum absolute atomic E-state index is 0.0247. The fourth-order valence-electron chi connectivity index (χ4n) is 3.47. The van der Waals surface area contributed by atoms with Crippen LogP contribution in [0.15, 0.2) is 28.8 Å². The number of carboxylic acids is 1. The molecule has 0 spiro atoms. The third-order valence-corrected chi connectivity index (χ3v) is 5.30. The molecule has 3 atom stereocenters. The highest BCUT2D eigenvalue weighted by molar-refractivity contribution is 6.30. The SMILES string of the molecule is O=C(O)[C@@H]1C[C@@H]1C(=O)N1CCC[C@@H](c2nc(-c3ccc(Cl)cc3)no2)C1. The molecule has 1 aromatic heterocycles. The molecule has 2 aliphatic rings. The van der Waals surface area contributed by atoms with E-state index in [4.69, 9.17) is 21.2 Å². The van der Waals surface area contributed by atoms with E-state index in [1.165, 1.54) is 0 Å². The number of carbonyl (C=O) groups is 2. The van der Waals surface area contributed by atoms with Gasteiger partial charge in [-0.1, -0.05) is 16.8 Å². The minimum atomic E-state index is -0.888. The Balaban J connectivity index is 1.44. The van der Waals surface area contributed by atoms with Crippen molar-refractivity contribution in [1.29, 1.82) is 0 Å². The molecule has 4 rings (SSSR count). The van der Waals surface area contributed by atoms with Crippen LogP contribution in [0.2, 0.25) is 5.02 Å². The summed E-state index contributed by atoms with van der Waals surface area (Å²) in [4.78, 5) is 29.7. The van der Waals surface area contributed by atoms with Crippen LogP contribution in [0.4, 0.5) is 0 Å². The fourth-order valence-corrected chi connectivity index (χ4v) is 3.60. The lowest BCUT2D eigenvalue weighted by Gasteiger charge is -2.31. The molecule has 1 N–H and O–H groups in total. The van der Waals surface area contributed by atoms with Crippen molar-refractivity contribution >= 4 is 23.5 Å². The van der Waals surface area contributed by atoms with Crippen molar-refractivity contribution in [2.24, 2.45) is 11.8 Å². The van der Waals surface area contributed by atoms with Crippen LogP contribution in [-0.2, 0) is 9.59 Å². The van der Waals surface area contributed by atoms with Crippen LogP contribution in [-0.4, -0.2) is 45.1 Å². The Morgan fingerprint density at radius 3 is 2.69 bits per heavy atom. The average Bonchev–Trinajstić information content (AvgIpc) is 3.31. The summed E-state index contributed by atoms with van der Waals surface area (Å²) in [6, 6.07) is 7.19. The number of carbonyl (C=O) groups excluding carboxylic acids is 1. The van der Waals surface area contributed by atoms with E-state index in [2.05, 4.69) is 10.1 Å². The molecule has 136 valence electrons. The van der Waals surface area contributed by atoms with Crippen LogP contribution in [0.5, 0.6) is 0 Å². The second-order valence-electron chi connectivity index (χ2n) is 6.87. The van der Waals surface area contributed by atoms with Crippen LogP contribution >= 0.6 is 11.6 Å². The van der Waals surface area contributed by atoms with Crippen molar-refractivity contribution in [2.75, 3.05) is 13.1 Å². The van der Waals surface area contributed by atoms with Gasteiger partial charge in [-0.05, 0) is 43.5 Å². The van der Waals surface area contributed by atoms with Crippen LogP contribution in [0.3, 0.4) is 0 Å². The fraction of sp³-hybridized carbons (Fsp3) is 0.444. The van der Waals surface area contributed by atoms with Crippen molar-refractivity contribution < 1.29 is 19.2 Å². The molecule has 1 aliphatic carbocycles. The van der Waals surface area contributed by atoms with Gasteiger partial charge in [0, 0.05) is 23.7 Å². The summed E-state index contributed by atoms with van der Waals surface area (Å²) in [5, 5.41) is 13.7. The zero-order valence-corrected chi connectivity index (χ0v) is 14.7. The van der Waals surface area contributed by atoms with E-state index in [1.54, 1.807) is 17.0 Å². The van der Waals surface area contributed by atoms with Gasteiger partial charge in [0.25, 0.3) is 0 Å². The van der Waals surface area contributed by atoms with Gasteiger partial charge in [0.1, 0.15) is 0 Å². The standard InChI is InChI=1S/C18H18ClN3O4/c19-12-5-3-10(4-6-12)15-20-16(26-21-15)11-2-1-7-22(9-11)17(23)13-8-14(13)18(24)25/h3-6,11,13-14H,1-2,7-9H2,(H,24,25)/t11-,13+,14-/m1/s1. The van der Waals surface area contributed by atoms with Crippen molar-refractivity contribution in [3.05, 3.63) is 35.2 Å². The highest BCUT2D eigenvalue weighted by Crippen LogP contribution is 2.41. The predicted octanol–water partition coefficient (Wildman–Crippen LogP) is 2.82. The van der Waals surface area contributed by atoms with E-state index in [9.17, 15) is 9.59 Å². The van der Waals surface area contributed by atoms with Gasteiger partial charge in [-0.25, -0.2) is 0 Å². The summed E-state index contributed by atoms with van der Waals surface area (Å²) in [6.07, 6.45) is 2.13. The summed E-state index contributed by atoms with van der Waals surface area (Å²) in [7, 11) is 0. The van der Waals surface area contributed by atoms with Crippen LogP contribution < -0.4 is 0 Å². The molecule has 1 saturated carbocycles. The molecule has 2 heterocycles. The largest absolute Gasteiger partial charge is 0.481 e. The first-order valence-electron chi connectivity index (χ1n) is 8.64. The number of aromatic nitrogens is 2. The van der Waals surface area contributed by atoms with E-state index >= 15 is 0 Å². The Hall–Kier alpha value is -2.41. The topological polar surface area (TPSA) is 96.5 Å². The highest BCUT2D eigenvalue weighted by Gasteiger charge is 2.50.